The van der Waals surface area contributed by atoms with Crippen LogP contribution in [0.4, 0.5) is 17.3 Å². The van der Waals surface area contributed by atoms with Crippen LogP contribution in [0.2, 0.25) is 0 Å². The zero-order valence-corrected chi connectivity index (χ0v) is 11.3. The van der Waals surface area contributed by atoms with Crippen LogP contribution in [0.1, 0.15) is 0 Å². The van der Waals surface area contributed by atoms with Gasteiger partial charge in [0.15, 0.2) is 0 Å². The van der Waals surface area contributed by atoms with Crippen molar-refractivity contribution in [3.63, 3.8) is 0 Å². The molecule has 1 heterocycles. The Bertz CT molecular complexity index is 500. The Morgan fingerprint density at radius 1 is 1.16 bits per heavy atom. The quantitative estimate of drug-likeness (QED) is 0.827. The minimum atomic E-state index is 0.799. The lowest BCUT2D eigenvalue weighted by atomic mass is 10.3. The van der Waals surface area contributed by atoms with Gasteiger partial charge in [-0.25, -0.2) is 9.97 Å². The van der Waals surface area contributed by atoms with Gasteiger partial charge in [-0.05, 0) is 19.2 Å². The summed E-state index contributed by atoms with van der Waals surface area (Å²) in [6.45, 7) is 1.82. The molecule has 5 nitrogen and oxygen atoms in total. The third-order valence-electron chi connectivity index (χ3n) is 2.79. The van der Waals surface area contributed by atoms with Crippen molar-refractivity contribution in [1.29, 1.82) is 0 Å². The highest BCUT2D eigenvalue weighted by Gasteiger charge is 2.04. The van der Waals surface area contributed by atoms with E-state index in [1.807, 2.05) is 50.5 Å². The van der Waals surface area contributed by atoms with Crippen molar-refractivity contribution >= 4 is 17.3 Å². The van der Waals surface area contributed by atoms with Crippen molar-refractivity contribution < 1.29 is 0 Å². The maximum atomic E-state index is 4.28. The van der Waals surface area contributed by atoms with Crippen LogP contribution in [0.5, 0.6) is 0 Å². The largest absolute Gasteiger partial charge is 0.358 e. The van der Waals surface area contributed by atoms with E-state index >= 15 is 0 Å². The van der Waals surface area contributed by atoms with Crippen molar-refractivity contribution in [2.24, 2.45) is 0 Å². The van der Waals surface area contributed by atoms with Crippen molar-refractivity contribution in [3.8, 4) is 0 Å². The predicted octanol–water partition coefficient (Wildman–Crippen LogP) is 1.88. The van der Waals surface area contributed by atoms with Gasteiger partial charge >= 0.3 is 0 Å². The van der Waals surface area contributed by atoms with E-state index < -0.39 is 0 Å². The van der Waals surface area contributed by atoms with Crippen LogP contribution in [0.3, 0.4) is 0 Å². The first-order chi connectivity index (χ1) is 9.29. The van der Waals surface area contributed by atoms with E-state index in [4.69, 9.17) is 0 Å². The average Bonchev–Trinajstić information content (AvgIpc) is 2.46. The molecule has 0 unspecified atom stereocenters. The summed E-state index contributed by atoms with van der Waals surface area (Å²) in [5, 5.41) is 6.38. The molecule has 0 amide bonds. The second kappa shape index (κ2) is 6.70. The monoisotopic (exact) mass is 257 g/mol. The van der Waals surface area contributed by atoms with E-state index in [0.29, 0.717) is 0 Å². The first-order valence-corrected chi connectivity index (χ1v) is 6.29. The molecule has 0 bridgehead atoms. The lowest BCUT2D eigenvalue weighted by Crippen LogP contribution is -2.27. The fourth-order valence-corrected chi connectivity index (χ4v) is 1.69. The van der Waals surface area contributed by atoms with Crippen LogP contribution in [0.25, 0.3) is 0 Å². The molecule has 100 valence electrons. The van der Waals surface area contributed by atoms with Crippen molar-refractivity contribution in [3.05, 3.63) is 42.7 Å². The van der Waals surface area contributed by atoms with E-state index in [9.17, 15) is 0 Å². The van der Waals surface area contributed by atoms with Gasteiger partial charge in [-0.2, -0.15) is 0 Å². The van der Waals surface area contributed by atoms with Gasteiger partial charge in [0.2, 0.25) is 0 Å². The van der Waals surface area contributed by atoms with Gasteiger partial charge in [0, 0.05) is 31.9 Å². The van der Waals surface area contributed by atoms with Crippen LogP contribution >= 0.6 is 0 Å². The Morgan fingerprint density at radius 3 is 2.68 bits per heavy atom. The summed E-state index contributed by atoms with van der Waals surface area (Å²) < 4.78 is 0. The van der Waals surface area contributed by atoms with Gasteiger partial charge in [0.05, 0.1) is 0 Å². The normalized spacial score (nSPS) is 10.2. The Kier molecular flexibility index (Phi) is 4.69. The summed E-state index contributed by atoms with van der Waals surface area (Å²) in [5.41, 5.74) is 1.02. The zero-order chi connectivity index (χ0) is 13.5. The average molecular weight is 257 g/mol. The highest BCUT2D eigenvalue weighted by atomic mass is 15.2. The molecule has 0 aliphatic carbocycles. The zero-order valence-electron chi connectivity index (χ0n) is 11.3. The highest BCUT2D eigenvalue weighted by Crippen LogP contribution is 2.17. The molecule has 0 saturated heterocycles. The van der Waals surface area contributed by atoms with Gasteiger partial charge in [0.25, 0.3) is 0 Å². The van der Waals surface area contributed by atoms with Crippen molar-refractivity contribution in [2.45, 2.75) is 0 Å². The van der Waals surface area contributed by atoms with Crippen LogP contribution in [-0.4, -0.2) is 37.2 Å². The van der Waals surface area contributed by atoms with Gasteiger partial charge in [-0.3, -0.25) is 0 Å². The minimum Gasteiger partial charge on any atom is -0.358 e. The topological polar surface area (TPSA) is 53.1 Å². The summed E-state index contributed by atoms with van der Waals surface area (Å²) in [6.07, 6.45) is 1.58. The second-order valence-electron chi connectivity index (χ2n) is 4.28. The van der Waals surface area contributed by atoms with Crippen LogP contribution in [-0.2, 0) is 0 Å². The Hall–Kier alpha value is -2.14. The van der Waals surface area contributed by atoms with Crippen molar-refractivity contribution in [1.82, 2.24) is 15.3 Å². The van der Waals surface area contributed by atoms with E-state index in [1.54, 1.807) is 6.33 Å². The number of hydrogen-bond donors (Lipinski definition) is 2. The van der Waals surface area contributed by atoms with E-state index in [-0.39, 0.29) is 0 Å². The molecule has 0 radical (unpaired) electrons. The third-order valence-corrected chi connectivity index (χ3v) is 2.79. The molecular formula is C14H19N5. The molecule has 2 rings (SSSR count). The first kappa shape index (κ1) is 13.3. The van der Waals surface area contributed by atoms with Crippen LogP contribution < -0.4 is 15.5 Å². The summed E-state index contributed by atoms with van der Waals surface area (Å²) in [6, 6.07) is 11.9. The summed E-state index contributed by atoms with van der Waals surface area (Å²) in [5.74, 6) is 1.70. The fourth-order valence-electron chi connectivity index (χ4n) is 1.69. The maximum absolute atomic E-state index is 4.28. The van der Waals surface area contributed by atoms with Gasteiger partial charge in [-0.1, -0.05) is 18.2 Å². The third kappa shape index (κ3) is 3.93. The fraction of sp³-hybridized carbons (Fsp3) is 0.286. The number of nitrogens with zero attached hydrogens (tertiary/aromatic N) is 3. The number of hydrogen-bond acceptors (Lipinski definition) is 5. The summed E-state index contributed by atoms with van der Waals surface area (Å²) in [4.78, 5) is 10.6. The molecule has 0 fully saturated rings. The van der Waals surface area contributed by atoms with Crippen LogP contribution in [0, 0.1) is 0 Å². The van der Waals surface area contributed by atoms with Crippen molar-refractivity contribution in [2.75, 3.05) is 37.4 Å². The number of anilines is 3. The maximum Gasteiger partial charge on any atom is 0.135 e. The van der Waals surface area contributed by atoms with Gasteiger partial charge < -0.3 is 15.5 Å². The molecule has 2 N–H and O–H groups in total. The number of likely N-dealkylation sites (N-methyl/N-ethyl adjacent to an activating group) is 2. The molecule has 5 heteroatoms. The first-order valence-electron chi connectivity index (χ1n) is 6.29. The number of benzene rings is 1. The number of nitrogens with one attached hydrogen (secondary N) is 2. The van der Waals surface area contributed by atoms with E-state index in [2.05, 4.69) is 25.5 Å². The molecule has 19 heavy (non-hydrogen) atoms. The van der Waals surface area contributed by atoms with Gasteiger partial charge in [0.1, 0.15) is 18.0 Å². The van der Waals surface area contributed by atoms with E-state index in [1.165, 1.54) is 0 Å². The standard InChI is InChI=1S/C14H19N5/c1-15-8-9-19(2)14-10-13(16-11-17-14)18-12-6-4-3-5-7-12/h3-7,10-11,15H,8-9H2,1-2H3,(H,16,17,18). The Labute approximate surface area is 113 Å². The lowest BCUT2D eigenvalue weighted by Gasteiger charge is -2.18. The molecule has 0 saturated carbocycles. The summed E-state index contributed by atoms with van der Waals surface area (Å²) in [7, 11) is 3.96. The molecule has 0 aliphatic heterocycles. The minimum absolute atomic E-state index is 0.799. The molecule has 0 atom stereocenters. The molecule has 0 aliphatic rings. The Morgan fingerprint density at radius 2 is 1.95 bits per heavy atom. The molecule has 2 aromatic rings. The Balaban J connectivity index is 2.06. The number of rotatable bonds is 6. The van der Waals surface area contributed by atoms with Crippen LogP contribution in [0.15, 0.2) is 42.7 Å². The number of aromatic nitrogens is 2. The predicted molar refractivity (Wildman–Crippen MR) is 79.0 cm³/mol. The molecular weight excluding hydrogens is 238 g/mol. The highest BCUT2D eigenvalue weighted by molar-refractivity contribution is 5.58. The smallest absolute Gasteiger partial charge is 0.135 e. The summed E-state index contributed by atoms with van der Waals surface area (Å²) >= 11 is 0. The number of para-hydroxylation sites is 1. The molecule has 1 aromatic heterocycles. The molecule has 0 spiro atoms. The van der Waals surface area contributed by atoms with Gasteiger partial charge in [-0.15, -0.1) is 0 Å². The lowest BCUT2D eigenvalue weighted by molar-refractivity contribution is 0.760. The molecule has 1 aromatic carbocycles. The second-order valence-corrected chi connectivity index (χ2v) is 4.28. The van der Waals surface area contributed by atoms with E-state index in [0.717, 1.165) is 30.4 Å². The SMILES string of the molecule is CNCCN(C)c1cc(Nc2ccccc2)ncn1.